The maximum atomic E-state index is 14.0. The Labute approximate surface area is 152 Å². The number of esters is 1. The Morgan fingerprint density at radius 1 is 1.56 bits per heavy atom. The monoisotopic (exact) mass is 392 g/mol. The van der Waals surface area contributed by atoms with Crippen molar-refractivity contribution in [3.63, 3.8) is 0 Å². The van der Waals surface area contributed by atoms with E-state index < -0.39 is 44.3 Å². The van der Waals surface area contributed by atoms with E-state index in [1.165, 1.54) is 6.92 Å². The van der Waals surface area contributed by atoms with Gasteiger partial charge in [0.15, 0.2) is 0 Å². The zero-order valence-electron chi connectivity index (χ0n) is 13.4. The van der Waals surface area contributed by atoms with Gasteiger partial charge in [-0.05, 0) is 19.9 Å². The number of aliphatic hydroxyl groups excluding tert-OH is 1. The maximum absolute atomic E-state index is 14.0. The molecule has 0 unspecified atom stereocenters. The first kappa shape index (κ1) is 20.9. The molecule has 25 heavy (non-hydrogen) atoms. The Morgan fingerprint density at radius 2 is 2.20 bits per heavy atom. The van der Waals surface area contributed by atoms with E-state index in [1.54, 1.807) is 6.92 Å². The highest BCUT2D eigenvalue weighted by atomic mass is 35.5. The third-order valence-electron chi connectivity index (χ3n) is 3.05. The maximum Gasteiger partial charge on any atom is 0.343 e. The molecular formula is C15H15Cl2FN2O5. The quantitative estimate of drug-likeness (QED) is 0.144. The molecule has 1 rings (SSSR count). The molecule has 1 N–H and O–H groups in total. The molecule has 0 spiro atoms. The molecule has 0 aliphatic rings. The highest BCUT2D eigenvalue weighted by Crippen LogP contribution is 2.36. The van der Waals surface area contributed by atoms with Gasteiger partial charge in [0.1, 0.15) is 22.2 Å². The number of aliphatic hydroxyl groups is 1. The van der Waals surface area contributed by atoms with Crippen LogP contribution in [0.25, 0.3) is 5.76 Å². The van der Waals surface area contributed by atoms with Crippen molar-refractivity contribution in [1.29, 1.82) is 0 Å². The summed E-state index contributed by atoms with van der Waals surface area (Å²) >= 11 is 11.4. The van der Waals surface area contributed by atoms with Crippen molar-refractivity contribution in [2.24, 2.45) is 4.99 Å². The Morgan fingerprint density at radius 3 is 2.72 bits per heavy atom. The molecule has 0 bridgehead atoms. The molecule has 1 aromatic carbocycles. The molecule has 136 valence electrons. The van der Waals surface area contributed by atoms with Gasteiger partial charge >= 0.3 is 5.97 Å². The molecule has 0 amide bonds. The SMILES string of the molecule is CCOC(=O)C(C=NCCCl)=C(O)c1cc(F)c(C)c([N+](=O)[O-])c1Cl. The second-order valence-electron chi connectivity index (χ2n) is 4.66. The zero-order valence-corrected chi connectivity index (χ0v) is 14.9. The first-order valence-electron chi connectivity index (χ1n) is 7.05. The highest BCUT2D eigenvalue weighted by molar-refractivity contribution is 6.35. The summed E-state index contributed by atoms with van der Waals surface area (Å²) in [4.78, 5) is 26.1. The number of nitrogens with zero attached hydrogens (tertiary/aromatic N) is 2. The number of aliphatic imine (C=N–C) groups is 1. The smallest absolute Gasteiger partial charge is 0.343 e. The number of benzene rings is 1. The first-order chi connectivity index (χ1) is 11.8. The first-order valence-corrected chi connectivity index (χ1v) is 7.96. The van der Waals surface area contributed by atoms with Crippen molar-refractivity contribution in [3.05, 3.63) is 43.7 Å². The number of nitro benzene ring substituents is 1. The molecule has 0 atom stereocenters. The van der Waals surface area contributed by atoms with E-state index in [0.717, 1.165) is 12.3 Å². The highest BCUT2D eigenvalue weighted by Gasteiger charge is 2.27. The van der Waals surface area contributed by atoms with Crippen LogP contribution in [0.5, 0.6) is 0 Å². The van der Waals surface area contributed by atoms with Crippen LogP contribution in [0.15, 0.2) is 16.6 Å². The van der Waals surface area contributed by atoms with E-state index >= 15 is 0 Å². The van der Waals surface area contributed by atoms with Gasteiger partial charge in [-0.2, -0.15) is 0 Å². The summed E-state index contributed by atoms with van der Waals surface area (Å²) in [5.74, 6) is -2.53. The van der Waals surface area contributed by atoms with Crippen LogP contribution in [-0.2, 0) is 9.53 Å². The molecule has 0 aliphatic carbocycles. The minimum absolute atomic E-state index is 0.00903. The van der Waals surface area contributed by atoms with E-state index in [0.29, 0.717) is 0 Å². The number of carbonyl (C=O) groups is 1. The number of hydrogen-bond donors (Lipinski definition) is 1. The van der Waals surface area contributed by atoms with Crippen molar-refractivity contribution >= 4 is 46.8 Å². The van der Waals surface area contributed by atoms with Gasteiger partial charge in [-0.3, -0.25) is 15.1 Å². The van der Waals surface area contributed by atoms with Crippen molar-refractivity contribution in [3.8, 4) is 0 Å². The van der Waals surface area contributed by atoms with Crippen molar-refractivity contribution in [1.82, 2.24) is 0 Å². The zero-order chi connectivity index (χ0) is 19.1. The molecular weight excluding hydrogens is 378 g/mol. The van der Waals surface area contributed by atoms with Gasteiger partial charge in [-0.15, -0.1) is 11.6 Å². The van der Waals surface area contributed by atoms with E-state index in [4.69, 9.17) is 27.9 Å². The van der Waals surface area contributed by atoms with Gasteiger partial charge in [0.05, 0.1) is 23.6 Å². The lowest BCUT2D eigenvalue weighted by Crippen LogP contribution is -2.12. The Kier molecular flexibility index (Phi) is 7.79. The number of carbonyl (C=O) groups excluding carboxylic acids is 1. The third-order valence-corrected chi connectivity index (χ3v) is 3.60. The molecule has 0 fully saturated rings. The van der Waals surface area contributed by atoms with Crippen molar-refractivity contribution in [2.45, 2.75) is 13.8 Å². The van der Waals surface area contributed by atoms with Crippen LogP contribution >= 0.6 is 23.2 Å². The standard InChI is InChI=1S/C15H15Cl2FN2O5/c1-3-25-15(22)10(7-19-5-4-16)14(21)9-6-11(18)8(2)13(12(9)17)20(23)24/h6-7,21H,3-5H2,1-2H3. The van der Waals surface area contributed by atoms with Crippen LogP contribution in [0, 0.1) is 22.9 Å². The Bertz CT molecular complexity index is 750. The molecule has 0 saturated carbocycles. The lowest BCUT2D eigenvalue weighted by molar-refractivity contribution is -0.385. The summed E-state index contributed by atoms with van der Waals surface area (Å²) in [5, 5.41) is 21.0. The lowest BCUT2D eigenvalue weighted by Gasteiger charge is -2.10. The van der Waals surface area contributed by atoms with E-state index in [1.807, 2.05) is 0 Å². The number of alkyl halides is 1. The molecule has 0 aromatic heterocycles. The van der Waals surface area contributed by atoms with E-state index in [-0.39, 0.29) is 24.6 Å². The molecule has 0 radical (unpaired) electrons. The van der Waals surface area contributed by atoms with Gasteiger partial charge in [-0.1, -0.05) is 11.6 Å². The average molecular weight is 393 g/mol. The van der Waals surface area contributed by atoms with Crippen LogP contribution in [0.3, 0.4) is 0 Å². The van der Waals surface area contributed by atoms with Crippen molar-refractivity contribution < 1.29 is 24.0 Å². The van der Waals surface area contributed by atoms with Gasteiger partial charge in [0.2, 0.25) is 0 Å². The van der Waals surface area contributed by atoms with Gasteiger partial charge in [-0.25, -0.2) is 9.18 Å². The summed E-state index contributed by atoms with van der Waals surface area (Å²) in [6.45, 7) is 2.88. The molecule has 7 nitrogen and oxygen atoms in total. The summed E-state index contributed by atoms with van der Waals surface area (Å²) in [7, 11) is 0. The van der Waals surface area contributed by atoms with E-state index in [9.17, 15) is 24.4 Å². The Balaban J connectivity index is 3.64. The average Bonchev–Trinajstić information content (AvgIpc) is 2.54. The normalized spacial score (nSPS) is 12.2. The Hall–Kier alpha value is -2.19. The largest absolute Gasteiger partial charge is 0.506 e. The van der Waals surface area contributed by atoms with Crippen LogP contribution in [0.4, 0.5) is 10.1 Å². The fourth-order valence-corrected chi connectivity index (χ4v) is 2.31. The molecule has 0 saturated heterocycles. The third kappa shape index (κ3) is 4.90. The summed E-state index contributed by atoms with van der Waals surface area (Å²) in [6.07, 6.45) is 0.996. The molecule has 10 heteroatoms. The fraction of sp³-hybridized carbons (Fsp3) is 0.333. The van der Waals surface area contributed by atoms with Crippen LogP contribution in [-0.4, -0.2) is 41.2 Å². The fourth-order valence-electron chi connectivity index (χ4n) is 1.86. The topological polar surface area (TPSA) is 102 Å². The molecule has 0 aliphatic heterocycles. The number of rotatable bonds is 7. The molecule has 1 aromatic rings. The summed E-state index contributed by atoms with van der Waals surface area (Å²) < 4.78 is 18.8. The minimum Gasteiger partial charge on any atom is -0.506 e. The summed E-state index contributed by atoms with van der Waals surface area (Å²) in [5.41, 5.74) is -1.84. The van der Waals surface area contributed by atoms with Gasteiger partial charge in [0, 0.05) is 17.7 Å². The lowest BCUT2D eigenvalue weighted by atomic mass is 10.0. The second-order valence-corrected chi connectivity index (χ2v) is 5.41. The van der Waals surface area contributed by atoms with Crippen molar-refractivity contribution in [2.75, 3.05) is 19.0 Å². The minimum atomic E-state index is -0.960. The number of ether oxygens (including phenoxy) is 1. The van der Waals surface area contributed by atoms with E-state index in [2.05, 4.69) is 4.99 Å². The number of hydrogen-bond acceptors (Lipinski definition) is 6. The van der Waals surface area contributed by atoms with Crippen LogP contribution < -0.4 is 0 Å². The predicted octanol–water partition coefficient (Wildman–Crippen LogP) is 3.84. The predicted molar refractivity (Wildman–Crippen MR) is 93.1 cm³/mol. The molecule has 0 heterocycles. The second kappa shape index (κ2) is 9.33. The summed E-state index contributed by atoms with van der Waals surface area (Å²) in [6, 6.07) is 0.800. The van der Waals surface area contributed by atoms with Crippen LogP contribution in [0.2, 0.25) is 5.02 Å². The van der Waals surface area contributed by atoms with Gasteiger partial charge in [0.25, 0.3) is 5.69 Å². The van der Waals surface area contributed by atoms with Gasteiger partial charge < -0.3 is 9.84 Å². The van der Waals surface area contributed by atoms with Crippen LogP contribution in [0.1, 0.15) is 18.1 Å². The number of halogens is 3. The number of nitro groups is 1.